The number of esters is 1. The van der Waals surface area contributed by atoms with Gasteiger partial charge in [-0.2, -0.15) is 0 Å². The Bertz CT molecular complexity index is 1020. The largest absolute Gasteiger partial charge is 0.495 e. The molecule has 2 aromatic carbocycles. The molecule has 1 atom stereocenters. The van der Waals surface area contributed by atoms with Crippen molar-refractivity contribution < 1.29 is 28.8 Å². The Morgan fingerprint density at radius 2 is 1.97 bits per heavy atom. The maximum atomic E-state index is 12.4. The van der Waals surface area contributed by atoms with Gasteiger partial charge in [-0.05, 0) is 19.1 Å². The minimum atomic E-state index is -0.720. The second-order valence-electron chi connectivity index (χ2n) is 6.87. The Labute approximate surface area is 172 Å². The molecule has 0 N–H and O–H groups in total. The van der Waals surface area contributed by atoms with Crippen LogP contribution in [0.1, 0.15) is 22.3 Å². The van der Waals surface area contributed by atoms with E-state index in [-0.39, 0.29) is 30.1 Å². The molecule has 9 nitrogen and oxygen atoms in total. The first-order chi connectivity index (χ1) is 14.3. The van der Waals surface area contributed by atoms with Crippen molar-refractivity contribution in [3.05, 3.63) is 63.7 Å². The van der Waals surface area contributed by atoms with Crippen LogP contribution < -0.4 is 9.64 Å². The van der Waals surface area contributed by atoms with Crippen molar-refractivity contribution >= 4 is 29.0 Å². The fraction of sp³-hybridized carbons (Fsp3) is 0.286. The molecule has 0 bridgehead atoms. The van der Waals surface area contributed by atoms with E-state index in [1.165, 1.54) is 24.1 Å². The smallest absolute Gasteiger partial charge is 0.311 e. The number of amides is 1. The number of hydrogen-bond acceptors (Lipinski definition) is 7. The highest BCUT2D eigenvalue weighted by Crippen LogP contribution is 2.33. The number of para-hydroxylation sites is 2. The number of ketones is 1. The van der Waals surface area contributed by atoms with Crippen molar-refractivity contribution in [2.75, 3.05) is 25.2 Å². The predicted octanol–water partition coefficient (Wildman–Crippen LogP) is 2.69. The number of ether oxygens (including phenoxy) is 2. The zero-order chi connectivity index (χ0) is 21.8. The van der Waals surface area contributed by atoms with Gasteiger partial charge in [0, 0.05) is 30.2 Å². The Hall–Kier alpha value is -3.75. The van der Waals surface area contributed by atoms with Crippen molar-refractivity contribution in [2.45, 2.75) is 13.3 Å². The number of nitro groups is 1. The van der Waals surface area contributed by atoms with Crippen molar-refractivity contribution in [1.82, 2.24) is 0 Å². The third-order valence-corrected chi connectivity index (χ3v) is 4.91. The summed E-state index contributed by atoms with van der Waals surface area (Å²) in [6.45, 7) is 1.12. The summed E-state index contributed by atoms with van der Waals surface area (Å²) in [4.78, 5) is 49.0. The molecule has 1 amide bonds. The monoisotopic (exact) mass is 412 g/mol. The fourth-order valence-electron chi connectivity index (χ4n) is 3.27. The summed E-state index contributed by atoms with van der Waals surface area (Å²) >= 11 is 0. The number of aryl methyl sites for hydroxylation is 1. The van der Waals surface area contributed by atoms with E-state index >= 15 is 0 Å². The number of anilines is 1. The van der Waals surface area contributed by atoms with E-state index in [1.807, 2.05) is 0 Å². The zero-order valence-electron chi connectivity index (χ0n) is 16.5. The van der Waals surface area contributed by atoms with Crippen LogP contribution in [0.4, 0.5) is 11.4 Å². The molecule has 0 saturated carbocycles. The van der Waals surface area contributed by atoms with Crippen LogP contribution in [0.3, 0.4) is 0 Å². The minimum Gasteiger partial charge on any atom is -0.495 e. The van der Waals surface area contributed by atoms with E-state index in [1.54, 1.807) is 31.2 Å². The molecule has 2 aromatic rings. The van der Waals surface area contributed by atoms with Gasteiger partial charge in [0.2, 0.25) is 11.7 Å². The molecule has 1 fully saturated rings. The highest BCUT2D eigenvalue weighted by atomic mass is 16.6. The summed E-state index contributed by atoms with van der Waals surface area (Å²) in [5.41, 5.74) is 0.886. The molecule has 0 aromatic heterocycles. The number of carbonyl (C=O) groups excluding carboxylic acids is 3. The van der Waals surface area contributed by atoms with Crippen molar-refractivity contribution in [3.63, 3.8) is 0 Å². The number of hydrogen-bond donors (Lipinski definition) is 0. The molecule has 3 rings (SSSR count). The highest BCUT2D eigenvalue weighted by Gasteiger charge is 2.37. The first-order valence-electron chi connectivity index (χ1n) is 9.20. The Kier molecular flexibility index (Phi) is 6.10. The summed E-state index contributed by atoms with van der Waals surface area (Å²) in [5.74, 6) is -1.69. The molecule has 0 spiro atoms. The maximum absolute atomic E-state index is 12.4. The minimum absolute atomic E-state index is 0.0406. The second-order valence-corrected chi connectivity index (χ2v) is 6.87. The van der Waals surface area contributed by atoms with Crippen LogP contribution in [-0.2, 0) is 14.3 Å². The number of Topliss-reactive ketones (excluding diaryl/α,β-unsaturated/α-hetero) is 1. The Morgan fingerprint density at radius 1 is 1.23 bits per heavy atom. The third kappa shape index (κ3) is 4.29. The fourth-order valence-corrected chi connectivity index (χ4v) is 3.27. The quantitative estimate of drug-likeness (QED) is 0.297. The van der Waals surface area contributed by atoms with Crippen LogP contribution in [0, 0.1) is 23.0 Å². The number of nitrogens with zero attached hydrogens (tertiary/aromatic N) is 2. The number of methoxy groups -OCH3 is 1. The van der Waals surface area contributed by atoms with Gasteiger partial charge < -0.3 is 14.4 Å². The van der Waals surface area contributed by atoms with Gasteiger partial charge in [0.25, 0.3) is 5.69 Å². The van der Waals surface area contributed by atoms with Crippen LogP contribution >= 0.6 is 0 Å². The summed E-state index contributed by atoms with van der Waals surface area (Å²) in [6, 6.07) is 11.0. The summed E-state index contributed by atoms with van der Waals surface area (Å²) in [6.07, 6.45) is -0.0406. The molecule has 156 valence electrons. The molecule has 0 radical (unpaired) electrons. The van der Waals surface area contributed by atoms with Crippen LogP contribution in [0.5, 0.6) is 5.75 Å². The summed E-state index contributed by atoms with van der Waals surface area (Å²) in [7, 11) is 1.49. The Morgan fingerprint density at radius 3 is 2.67 bits per heavy atom. The molecule has 1 heterocycles. The van der Waals surface area contributed by atoms with Crippen LogP contribution in [0.15, 0.2) is 42.5 Å². The number of benzene rings is 2. The SMILES string of the molecule is COc1ccccc1N1C[C@H](C(=O)OCC(=O)c2ccc(C)c([N+](=O)[O-])c2)CC1=O. The topological polar surface area (TPSA) is 116 Å². The number of rotatable bonds is 7. The molecule has 1 aliphatic rings. The van der Waals surface area contributed by atoms with E-state index in [2.05, 4.69) is 0 Å². The summed E-state index contributed by atoms with van der Waals surface area (Å²) < 4.78 is 10.4. The van der Waals surface area contributed by atoms with Gasteiger partial charge in [-0.1, -0.05) is 24.3 Å². The average molecular weight is 412 g/mol. The standard InChI is InChI=1S/C21H20N2O7/c1-13-7-8-14(9-17(13)23(27)28)18(24)12-30-21(26)15-10-20(25)22(11-15)16-5-3-4-6-19(16)29-2/h3-9,15H,10-12H2,1-2H3/t15-/m1/s1. The molecule has 0 aliphatic carbocycles. The summed E-state index contributed by atoms with van der Waals surface area (Å²) in [5, 5.41) is 11.0. The van der Waals surface area contributed by atoms with Gasteiger partial charge in [0.05, 0.1) is 23.6 Å². The van der Waals surface area contributed by atoms with E-state index in [4.69, 9.17) is 9.47 Å². The van der Waals surface area contributed by atoms with E-state index < -0.39 is 29.2 Å². The van der Waals surface area contributed by atoms with Crippen LogP contribution in [0.25, 0.3) is 0 Å². The Balaban J connectivity index is 1.63. The van der Waals surface area contributed by atoms with Gasteiger partial charge in [0.15, 0.2) is 6.61 Å². The van der Waals surface area contributed by atoms with Gasteiger partial charge >= 0.3 is 5.97 Å². The zero-order valence-corrected chi connectivity index (χ0v) is 16.5. The van der Waals surface area contributed by atoms with E-state index in [0.717, 1.165) is 6.07 Å². The lowest BCUT2D eigenvalue weighted by atomic mass is 10.1. The van der Waals surface area contributed by atoms with Crippen molar-refractivity contribution in [1.29, 1.82) is 0 Å². The lowest BCUT2D eigenvalue weighted by Crippen LogP contribution is -2.27. The third-order valence-electron chi connectivity index (χ3n) is 4.91. The van der Waals surface area contributed by atoms with Gasteiger partial charge in [0.1, 0.15) is 5.75 Å². The average Bonchev–Trinajstić information content (AvgIpc) is 3.13. The van der Waals surface area contributed by atoms with Gasteiger partial charge in [-0.25, -0.2) is 0 Å². The van der Waals surface area contributed by atoms with E-state index in [9.17, 15) is 24.5 Å². The molecule has 9 heteroatoms. The molecule has 30 heavy (non-hydrogen) atoms. The molecule has 0 unspecified atom stereocenters. The first kappa shape index (κ1) is 21.0. The number of nitro benzene ring substituents is 1. The maximum Gasteiger partial charge on any atom is 0.311 e. The lowest BCUT2D eigenvalue weighted by Gasteiger charge is -2.19. The molecule has 1 aliphatic heterocycles. The van der Waals surface area contributed by atoms with E-state index in [0.29, 0.717) is 17.0 Å². The molecular formula is C21H20N2O7. The second kappa shape index (κ2) is 8.73. The molecule has 1 saturated heterocycles. The van der Waals surface area contributed by atoms with Gasteiger partial charge in [-0.15, -0.1) is 0 Å². The van der Waals surface area contributed by atoms with Crippen LogP contribution in [-0.4, -0.2) is 42.8 Å². The lowest BCUT2D eigenvalue weighted by molar-refractivity contribution is -0.385. The van der Waals surface area contributed by atoms with Crippen molar-refractivity contribution in [2.24, 2.45) is 5.92 Å². The molecular weight excluding hydrogens is 392 g/mol. The highest BCUT2D eigenvalue weighted by molar-refractivity contribution is 6.01. The van der Waals surface area contributed by atoms with Crippen molar-refractivity contribution in [3.8, 4) is 5.75 Å². The normalized spacial score (nSPS) is 15.7. The van der Waals surface area contributed by atoms with Crippen LogP contribution in [0.2, 0.25) is 0 Å². The number of carbonyl (C=O) groups is 3. The van der Waals surface area contributed by atoms with Gasteiger partial charge in [-0.3, -0.25) is 24.5 Å². The predicted molar refractivity (Wildman–Crippen MR) is 107 cm³/mol. The first-order valence-corrected chi connectivity index (χ1v) is 9.20.